The maximum absolute atomic E-state index is 13.3. The van der Waals surface area contributed by atoms with Gasteiger partial charge in [0.15, 0.2) is 5.16 Å². The highest BCUT2D eigenvalue weighted by atomic mass is 32.2. The number of thioether (sulfide) groups is 1. The van der Waals surface area contributed by atoms with Crippen molar-refractivity contribution in [1.29, 1.82) is 0 Å². The zero-order valence-corrected chi connectivity index (χ0v) is 19.6. The molecule has 2 aromatic carbocycles. The summed E-state index contributed by atoms with van der Waals surface area (Å²) in [6.45, 7) is 3.81. The minimum Gasteiger partial charge on any atom is -0.325 e. The molecule has 0 aliphatic carbocycles. The molecule has 0 saturated heterocycles. The second-order valence-corrected chi connectivity index (χ2v) is 9.15. The van der Waals surface area contributed by atoms with Gasteiger partial charge in [-0.15, -0.1) is 17.9 Å². The summed E-state index contributed by atoms with van der Waals surface area (Å²) in [7, 11) is 0. The third kappa shape index (κ3) is 5.46. The van der Waals surface area contributed by atoms with Crippen molar-refractivity contribution in [2.75, 3.05) is 11.1 Å². The molecule has 0 aliphatic heterocycles. The van der Waals surface area contributed by atoms with Crippen LogP contribution < -0.4 is 10.9 Å². The van der Waals surface area contributed by atoms with E-state index in [0.717, 1.165) is 23.9 Å². The van der Waals surface area contributed by atoms with Crippen molar-refractivity contribution in [3.8, 4) is 11.1 Å². The summed E-state index contributed by atoms with van der Waals surface area (Å²) < 4.78 is 53.4. The molecule has 0 fully saturated rings. The van der Waals surface area contributed by atoms with Crippen LogP contribution in [0.1, 0.15) is 5.56 Å². The number of allylic oxidation sites excluding steroid dienone is 1. The van der Waals surface area contributed by atoms with E-state index >= 15 is 0 Å². The summed E-state index contributed by atoms with van der Waals surface area (Å²) >= 11 is 2.23. The SMILES string of the molecule is C=CCn1c(SCC(=O)Nc2cccc(C(F)(F)F)c2)nc2scc(-c3ccc(F)cc3)c2c1=O. The monoisotopic (exact) mass is 519 g/mol. The lowest BCUT2D eigenvalue weighted by Crippen LogP contribution is -2.23. The van der Waals surface area contributed by atoms with Crippen molar-refractivity contribution in [3.05, 3.63) is 88.3 Å². The second-order valence-electron chi connectivity index (χ2n) is 7.35. The van der Waals surface area contributed by atoms with Gasteiger partial charge in [-0.05, 0) is 35.9 Å². The van der Waals surface area contributed by atoms with E-state index < -0.39 is 23.5 Å². The molecule has 5 nitrogen and oxygen atoms in total. The van der Waals surface area contributed by atoms with Crippen LogP contribution in [0.15, 0.2) is 76.5 Å². The Kier molecular flexibility index (Phi) is 7.08. The zero-order chi connectivity index (χ0) is 25.2. The minimum atomic E-state index is -4.52. The number of alkyl halides is 3. The Morgan fingerprint density at radius 2 is 1.94 bits per heavy atom. The Balaban J connectivity index is 1.59. The highest BCUT2D eigenvalue weighted by Gasteiger charge is 2.30. The summed E-state index contributed by atoms with van der Waals surface area (Å²) in [5.74, 6) is -1.12. The maximum Gasteiger partial charge on any atom is 0.416 e. The molecule has 0 aliphatic rings. The number of amides is 1. The number of anilines is 1. The van der Waals surface area contributed by atoms with Gasteiger partial charge in [-0.3, -0.25) is 14.2 Å². The molecule has 35 heavy (non-hydrogen) atoms. The molecule has 0 saturated carbocycles. The lowest BCUT2D eigenvalue weighted by atomic mass is 10.1. The van der Waals surface area contributed by atoms with E-state index in [4.69, 9.17) is 0 Å². The number of halogens is 4. The largest absolute Gasteiger partial charge is 0.416 e. The molecular weight excluding hydrogens is 502 g/mol. The van der Waals surface area contributed by atoms with Crippen molar-refractivity contribution in [3.63, 3.8) is 0 Å². The van der Waals surface area contributed by atoms with Crippen LogP contribution in [-0.2, 0) is 17.5 Å². The molecule has 1 N–H and O–H groups in total. The number of rotatable bonds is 7. The topological polar surface area (TPSA) is 64.0 Å². The zero-order valence-electron chi connectivity index (χ0n) is 17.9. The number of hydrogen-bond donors (Lipinski definition) is 1. The van der Waals surface area contributed by atoms with Crippen molar-refractivity contribution >= 4 is 44.9 Å². The molecular formula is C24H17F4N3O2S2. The summed E-state index contributed by atoms with van der Waals surface area (Å²) in [4.78, 5) is 30.7. The molecule has 2 heterocycles. The standard InChI is InChI=1S/C24H17F4N3O2S2/c1-2-10-31-22(33)20-18(14-6-8-16(25)9-7-14)12-34-21(20)30-23(31)35-13-19(32)29-17-5-3-4-15(11-17)24(26,27)28/h2-9,11-12H,1,10,13H2,(H,29,32). The van der Waals surface area contributed by atoms with Crippen molar-refractivity contribution < 1.29 is 22.4 Å². The molecule has 4 aromatic rings. The maximum atomic E-state index is 13.3. The second kappa shape index (κ2) is 10.0. The first-order valence-electron chi connectivity index (χ1n) is 10.2. The predicted octanol–water partition coefficient (Wildman–Crippen LogP) is 6.20. The number of hydrogen-bond acceptors (Lipinski definition) is 5. The molecule has 1 amide bonds. The summed E-state index contributed by atoms with van der Waals surface area (Å²) in [5.41, 5.74) is 0.0991. The number of nitrogens with zero attached hydrogens (tertiary/aromatic N) is 2. The number of carbonyl (C=O) groups excluding carboxylic acids is 1. The van der Waals surface area contributed by atoms with Crippen LogP contribution in [0, 0.1) is 5.82 Å². The first-order valence-corrected chi connectivity index (χ1v) is 12.0. The third-order valence-corrected chi connectivity index (χ3v) is 6.78. The molecule has 0 radical (unpaired) electrons. The van der Waals surface area contributed by atoms with Gasteiger partial charge in [-0.1, -0.05) is 36.0 Å². The van der Waals surface area contributed by atoms with Crippen LogP contribution in [0.3, 0.4) is 0 Å². The van der Waals surface area contributed by atoms with Crippen molar-refractivity contribution in [2.45, 2.75) is 17.9 Å². The van der Waals surface area contributed by atoms with Crippen LogP contribution in [0.2, 0.25) is 0 Å². The molecule has 0 unspecified atom stereocenters. The Morgan fingerprint density at radius 1 is 1.20 bits per heavy atom. The number of benzene rings is 2. The van der Waals surface area contributed by atoms with Gasteiger partial charge >= 0.3 is 6.18 Å². The lowest BCUT2D eigenvalue weighted by Gasteiger charge is -2.12. The Labute approximate surface area is 205 Å². The Bertz CT molecular complexity index is 1460. The van der Waals surface area contributed by atoms with Gasteiger partial charge in [-0.25, -0.2) is 9.37 Å². The number of aromatic nitrogens is 2. The van der Waals surface area contributed by atoms with Gasteiger partial charge in [0.25, 0.3) is 5.56 Å². The fraction of sp³-hybridized carbons (Fsp3) is 0.125. The molecule has 4 rings (SSSR count). The van der Waals surface area contributed by atoms with E-state index in [1.54, 1.807) is 17.5 Å². The fourth-order valence-electron chi connectivity index (χ4n) is 3.35. The van der Waals surface area contributed by atoms with Gasteiger partial charge in [0, 0.05) is 23.2 Å². The Morgan fingerprint density at radius 3 is 2.63 bits per heavy atom. The summed E-state index contributed by atoms with van der Waals surface area (Å²) in [5, 5.41) is 4.85. The van der Waals surface area contributed by atoms with Crippen LogP contribution >= 0.6 is 23.1 Å². The summed E-state index contributed by atoms with van der Waals surface area (Å²) in [6, 6.07) is 10.1. The van der Waals surface area contributed by atoms with Crippen LogP contribution in [-0.4, -0.2) is 21.2 Å². The van der Waals surface area contributed by atoms with E-state index in [9.17, 15) is 27.2 Å². The van der Waals surface area contributed by atoms with E-state index in [0.29, 0.717) is 21.3 Å². The molecule has 2 aromatic heterocycles. The molecule has 0 spiro atoms. The smallest absolute Gasteiger partial charge is 0.325 e. The van der Waals surface area contributed by atoms with E-state index in [-0.39, 0.29) is 28.7 Å². The number of nitrogens with one attached hydrogen (secondary N) is 1. The van der Waals surface area contributed by atoms with Gasteiger partial charge in [0.1, 0.15) is 10.6 Å². The van der Waals surface area contributed by atoms with Gasteiger partial charge in [0.2, 0.25) is 5.91 Å². The number of thiophene rings is 1. The fourth-order valence-corrected chi connectivity index (χ4v) is 5.15. The van der Waals surface area contributed by atoms with Crippen molar-refractivity contribution in [1.82, 2.24) is 9.55 Å². The first-order chi connectivity index (χ1) is 16.7. The van der Waals surface area contributed by atoms with Gasteiger partial charge in [0.05, 0.1) is 16.7 Å². The van der Waals surface area contributed by atoms with Crippen LogP contribution in [0.5, 0.6) is 0 Å². The number of fused-ring (bicyclic) bond motifs is 1. The van der Waals surface area contributed by atoms with E-state index in [2.05, 4.69) is 16.9 Å². The molecule has 0 bridgehead atoms. The van der Waals surface area contributed by atoms with Gasteiger partial charge < -0.3 is 5.32 Å². The normalized spacial score (nSPS) is 11.5. The average molecular weight is 520 g/mol. The quantitative estimate of drug-likeness (QED) is 0.137. The van der Waals surface area contributed by atoms with Crippen LogP contribution in [0.4, 0.5) is 23.2 Å². The highest BCUT2D eigenvalue weighted by Crippen LogP contribution is 2.33. The van der Waals surface area contributed by atoms with Crippen LogP contribution in [0.25, 0.3) is 21.3 Å². The molecule has 0 atom stereocenters. The minimum absolute atomic E-state index is 0.0134. The highest BCUT2D eigenvalue weighted by molar-refractivity contribution is 7.99. The van der Waals surface area contributed by atoms with E-state index in [1.165, 1.54) is 46.2 Å². The lowest BCUT2D eigenvalue weighted by molar-refractivity contribution is -0.137. The third-order valence-electron chi connectivity index (χ3n) is 4.93. The van der Waals surface area contributed by atoms with E-state index in [1.807, 2.05) is 0 Å². The molecule has 11 heteroatoms. The average Bonchev–Trinajstić information content (AvgIpc) is 3.24. The first kappa shape index (κ1) is 24.7. The van der Waals surface area contributed by atoms with Crippen molar-refractivity contribution in [2.24, 2.45) is 0 Å². The summed E-state index contributed by atoms with van der Waals surface area (Å²) in [6.07, 6.45) is -3.01. The molecule has 180 valence electrons. The van der Waals surface area contributed by atoms with Gasteiger partial charge in [-0.2, -0.15) is 13.2 Å². The number of carbonyl (C=O) groups is 1. The Hall–Kier alpha value is -3.44. The predicted molar refractivity (Wildman–Crippen MR) is 130 cm³/mol.